The Kier molecular flexibility index (Phi) is 5.01. The maximum atomic E-state index is 12.4. The van der Waals surface area contributed by atoms with Crippen LogP contribution in [-0.2, 0) is 4.74 Å². The molecule has 0 unspecified atom stereocenters. The van der Waals surface area contributed by atoms with Gasteiger partial charge >= 0.3 is 0 Å². The molecule has 0 bridgehead atoms. The Bertz CT molecular complexity index is 436. The Morgan fingerprint density at radius 1 is 1.15 bits per heavy atom. The van der Waals surface area contributed by atoms with Crippen molar-refractivity contribution in [3.63, 3.8) is 0 Å². The fraction of sp³-hybridized carbons (Fsp3) is 0.562. The molecule has 4 heteroatoms. The lowest BCUT2D eigenvalue weighted by atomic mass is 9.99. The number of amides is 1. The first-order chi connectivity index (χ1) is 9.58. The third-order valence-corrected chi connectivity index (χ3v) is 3.85. The van der Waals surface area contributed by atoms with E-state index in [9.17, 15) is 4.79 Å². The zero-order chi connectivity index (χ0) is 14.5. The molecule has 1 fully saturated rings. The molecule has 0 spiro atoms. The molecule has 0 N–H and O–H groups in total. The van der Waals surface area contributed by atoms with Crippen LogP contribution in [0.15, 0.2) is 24.3 Å². The van der Waals surface area contributed by atoms with Crippen molar-refractivity contribution in [3.8, 4) is 0 Å². The van der Waals surface area contributed by atoms with Gasteiger partial charge in [0.2, 0.25) is 0 Å². The Morgan fingerprint density at radius 3 is 2.30 bits per heavy atom. The monoisotopic (exact) mass is 276 g/mol. The minimum Gasteiger partial charge on any atom is -0.381 e. The second-order valence-corrected chi connectivity index (χ2v) is 5.68. The van der Waals surface area contributed by atoms with Gasteiger partial charge in [-0.2, -0.15) is 0 Å². The molecule has 1 amide bonds. The number of rotatable bonds is 4. The lowest BCUT2D eigenvalue weighted by Crippen LogP contribution is -2.34. The highest BCUT2D eigenvalue weighted by Gasteiger charge is 2.19. The van der Waals surface area contributed by atoms with Crippen LogP contribution in [0.2, 0.25) is 0 Å². The van der Waals surface area contributed by atoms with E-state index in [2.05, 4.69) is 0 Å². The number of carbonyl (C=O) groups is 1. The summed E-state index contributed by atoms with van der Waals surface area (Å²) in [6.07, 6.45) is 2.11. The Balaban J connectivity index is 1.95. The molecular formula is C16H24N2O2. The second kappa shape index (κ2) is 6.75. The third kappa shape index (κ3) is 3.73. The number of carbonyl (C=O) groups excluding carboxylic acids is 1. The van der Waals surface area contributed by atoms with Crippen molar-refractivity contribution in [3.05, 3.63) is 29.8 Å². The van der Waals surface area contributed by atoms with E-state index < -0.39 is 0 Å². The fourth-order valence-corrected chi connectivity index (χ4v) is 2.52. The first kappa shape index (κ1) is 14.9. The second-order valence-electron chi connectivity index (χ2n) is 5.68. The van der Waals surface area contributed by atoms with E-state index in [-0.39, 0.29) is 5.91 Å². The largest absolute Gasteiger partial charge is 0.381 e. The van der Waals surface area contributed by atoms with E-state index in [1.165, 1.54) is 0 Å². The summed E-state index contributed by atoms with van der Waals surface area (Å²) in [5, 5.41) is 0. The van der Waals surface area contributed by atoms with Crippen LogP contribution in [0.25, 0.3) is 0 Å². The van der Waals surface area contributed by atoms with Crippen LogP contribution >= 0.6 is 0 Å². The Morgan fingerprint density at radius 2 is 1.75 bits per heavy atom. The molecule has 1 aromatic rings. The molecule has 0 atom stereocenters. The zero-order valence-corrected chi connectivity index (χ0v) is 12.6. The smallest absolute Gasteiger partial charge is 0.253 e. The molecule has 0 radical (unpaired) electrons. The predicted molar refractivity (Wildman–Crippen MR) is 81.3 cm³/mol. The number of hydrogen-bond donors (Lipinski definition) is 0. The van der Waals surface area contributed by atoms with Crippen LogP contribution in [0.1, 0.15) is 23.2 Å². The van der Waals surface area contributed by atoms with Gasteiger partial charge in [-0.15, -0.1) is 0 Å². The summed E-state index contributed by atoms with van der Waals surface area (Å²) in [6, 6.07) is 7.77. The number of benzene rings is 1. The van der Waals surface area contributed by atoms with Gasteiger partial charge in [0.05, 0.1) is 0 Å². The van der Waals surface area contributed by atoms with Gasteiger partial charge < -0.3 is 14.5 Å². The number of ether oxygens (including phenoxy) is 1. The summed E-state index contributed by atoms with van der Waals surface area (Å²) < 4.78 is 5.35. The van der Waals surface area contributed by atoms with E-state index in [0.29, 0.717) is 5.92 Å². The predicted octanol–water partition coefficient (Wildman–Crippen LogP) is 2.25. The standard InChI is InChI=1S/C16H24N2O2/c1-17(2)15-6-4-14(5-7-15)16(19)18(3)12-13-8-10-20-11-9-13/h4-7,13H,8-12H2,1-3H3. The van der Waals surface area contributed by atoms with Gasteiger partial charge in [0.1, 0.15) is 0 Å². The third-order valence-electron chi connectivity index (χ3n) is 3.85. The van der Waals surface area contributed by atoms with Gasteiger partial charge in [0, 0.05) is 52.2 Å². The Labute approximate surface area is 121 Å². The summed E-state index contributed by atoms with van der Waals surface area (Å²) in [4.78, 5) is 16.2. The highest BCUT2D eigenvalue weighted by molar-refractivity contribution is 5.94. The van der Waals surface area contributed by atoms with Gasteiger partial charge in [0.15, 0.2) is 0 Å². The average Bonchev–Trinajstić information content (AvgIpc) is 2.47. The highest BCUT2D eigenvalue weighted by atomic mass is 16.5. The van der Waals surface area contributed by atoms with E-state index in [1.54, 1.807) is 0 Å². The molecule has 20 heavy (non-hydrogen) atoms. The van der Waals surface area contributed by atoms with Gasteiger partial charge in [-0.1, -0.05) is 0 Å². The lowest BCUT2D eigenvalue weighted by molar-refractivity contribution is 0.0497. The van der Waals surface area contributed by atoms with Crippen LogP contribution in [0.5, 0.6) is 0 Å². The molecule has 1 heterocycles. The van der Waals surface area contributed by atoms with Gasteiger partial charge in [0.25, 0.3) is 5.91 Å². The minimum atomic E-state index is 0.0989. The summed E-state index contributed by atoms with van der Waals surface area (Å²) >= 11 is 0. The first-order valence-electron chi connectivity index (χ1n) is 7.18. The van der Waals surface area contributed by atoms with Crippen LogP contribution in [0, 0.1) is 5.92 Å². The van der Waals surface area contributed by atoms with Crippen molar-refractivity contribution in [1.29, 1.82) is 0 Å². The van der Waals surface area contributed by atoms with Crippen LogP contribution in [-0.4, -0.2) is 51.7 Å². The lowest BCUT2D eigenvalue weighted by Gasteiger charge is -2.27. The van der Waals surface area contributed by atoms with Crippen molar-refractivity contribution in [2.24, 2.45) is 5.92 Å². The molecule has 0 aliphatic carbocycles. The van der Waals surface area contributed by atoms with Crippen molar-refractivity contribution in [2.75, 3.05) is 45.8 Å². The number of hydrogen-bond acceptors (Lipinski definition) is 3. The van der Waals surface area contributed by atoms with E-state index >= 15 is 0 Å². The van der Waals surface area contributed by atoms with Crippen molar-refractivity contribution in [1.82, 2.24) is 4.90 Å². The topological polar surface area (TPSA) is 32.8 Å². The maximum Gasteiger partial charge on any atom is 0.253 e. The zero-order valence-electron chi connectivity index (χ0n) is 12.6. The Hall–Kier alpha value is -1.55. The van der Waals surface area contributed by atoms with Crippen LogP contribution in [0.3, 0.4) is 0 Å². The van der Waals surface area contributed by atoms with E-state index in [4.69, 9.17) is 4.74 Å². The molecule has 4 nitrogen and oxygen atoms in total. The molecule has 1 aliphatic heterocycles. The minimum absolute atomic E-state index is 0.0989. The molecule has 2 rings (SSSR count). The normalized spacial score (nSPS) is 15.9. The SMILES string of the molecule is CN(CC1CCOCC1)C(=O)c1ccc(N(C)C)cc1. The molecule has 110 valence electrons. The van der Waals surface area contributed by atoms with Gasteiger partial charge in [-0.25, -0.2) is 0 Å². The summed E-state index contributed by atoms with van der Waals surface area (Å²) in [7, 11) is 5.87. The highest BCUT2D eigenvalue weighted by Crippen LogP contribution is 2.18. The van der Waals surface area contributed by atoms with Crippen LogP contribution < -0.4 is 4.90 Å². The van der Waals surface area contributed by atoms with E-state index in [1.807, 2.05) is 55.2 Å². The van der Waals surface area contributed by atoms with Crippen LogP contribution in [0.4, 0.5) is 5.69 Å². The number of anilines is 1. The molecule has 1 aliphatic rings. The van der Waals surface area contributed by atoms with Crippen molar-refractivity contribution >= 4 is 11.6 Å². The maximum absolute atomic E-state index is 12.4. The molecule has 0 aromatic heterocycles. The first-order valence-corrected chi connectivity index (χ1v) is 7.18. The summed E-state index contributed by atoms with van der Waals surface area (Å²) in [5.41, 5.74) is 1.86. The average molecular weight is 276 g/mol. The fourth-order valence-electron chi connectivity index (χ4n) is 2.52. The molecule has 1 aromatic carbocycles. The van der Waals surface area contributed by atoms with Crippen molar-refractivity contribution < 1.29 is 9.53 Å². The molecule has 1 saturated heterocycles. The van der Waals surface area contributed by atoms with Crippen molar-refractivity contribution in [2.45, 2.75) is 12.8 Å². The molecular weight excluding hydrogens is 252 g/mol. The summed E-state index contributed by atoms with van der Waals surface area (Å²) in [5.74, 6) is 0.667. The summed E-state index contributed by atoms with van der Waals surface area (Å²) in [6.45, 7) is 2.46. The van der Waals surface area contributed by atoms with Gasteiger partial charge in [-0.3, -0.25) is 4.79 Å². The molecule has 0 saturated carbocycles. The number of nitrogens with zero attached hydrogens (tertiary/aromatic N) is 2. The quantitative estimate of drug-likeness (QED) is 0.845. The van der Waals surface area contributed by atoms with Gasteiger partial charge in [-0.05, 0) is 43.0 Å². The van der Waals surface area contributed by atoms with E-state index in [0.717, 1.165) is 43.9 Å².